The fourth-order valence-corrected chi connectivity index (χ4v) is 4.73. The molecule has 4 rings (SSSR count). The molecule has 6 nitrogen and oxygen atoms in total. The minimum atomic E-state index is 0.0933. The van der Waals surface area contributed by atoms with Crippen molar-refractivity contribution in [3.8, 4) is 0 Å². The number of unbranched alkanes of at least 4 members (excludes halogenated alkanes) is 1. The quantitative estimate of drug-likeness (QED) is 0.515. The first-order valence-electron chi connectivity index (χ1n) is 11.1. The first-order valence-corrected chi connectivity index (χ1v) is 11.9. The molecule has 1 aromatic carbocycles. The molecule has 3 aromatic rings. The number of benzene rings is 1. The van der Waals surface area contributed by atoms with Crippen LogP contribution in [0, 0.1) is 13.8 Å². The maximum Gasteiger partial charge on any atom is 0.254 e. The summed E-state index contributed by atoms with van der Waals surface area (Å²) in [7, 11) is 0. The summed E-state index contributed by atoms with van der Waals surface area (Å²) in [4.78, 5) is 22.6. The zero-order chi connectivity index (χ0) is 22.0. The molecule has 0 aliphatic carbocycles. The number of halogens is 1. The van der Waals surface area contributed by atoms with E-state index >= 15 is 0 Å². The standard InChI is InChI=1S/C24H30BrN5O/c1-4-5-9-30-23-22(18(3)27-30)21(14-17(2)26-23)24(31)29-12-10-28(11-13-29)16-19-7-6-8-20(25)15-19/h6-8,14-15H,4-5,9-13,16H2,1-3H3. The molecular weight excluding hydrogens is 454 g/mol. The summed E-state index contributed by atoms with van der Waals surface area (Å²) >= 11 is 3.54. The lowest BCUT2D eigenvalue weighted by Gasteiger charge is -2.35. The van der Waals surface area contributed by atoms with Gasteiger partial charge in [-0.05, 0) is 44.0 Å². The minimum absolute atomic E-state index is 0.0933. The monoisotopic (exact) mass is 483 g/mol. The Balaban J connectivity index is 1.50. The summed E-state index contributed by atoms with van der Waals surface area (Å²) in [5.74, 6) is 0.0933. The summed E-state index contributed by atoms with van der Waals surface area (Å²) in [5.41, 5.74) is 4.61. The Hall–Kier alpha value is -2.25. The van der Waals surface area contributed by atoms with Gasteiger partial charge in [0, 0.05) is 49.4 Å². The second kappa shape index (κ2) is 9.49. The van der Waals surface area contributed by atoms with Crippen LogP contribution in [0.1, 0.15) is 47.1 Å². The van der Waals surface area contributed by atoms with Gasteiger partial charge in [0.25, 0.3) is 5.91 Å². The number of aromatic nitrogens is 3. The van der Waals surface area contributed by atoms with Gasteiger partial charge in [0.15, 0.2) is 5.65 Å². The first-order chi connectivity index (χ1) is 15.0. The van der Waals surface area contributed by atoms with Gasteiger partial charge in [-0.1, -0.05) is 41.4 Å². The summed E-state index contributed by atoms with van der Waals surface area (Å²) in [6, 6.07) is 10.4. The summed E-state index contributed by atoms with van der Waals surface area (Å²) in [6.07, 6.45) is 2.15. The van der Waals surface area contributed by atoms with Crippen molar-refractivity contribution < 1.29 is 4.79 Å². The van der Waals surface area contributed by atoms with Crippen molar-refractivity contribution in [2.24, 2.45) is 0 Å². The van der Waals surface area contributed by atoms with Gasteiger partial charge < -0.3 is 4.90 Å². The zero-order valence-electron chi connectivity index (χ0n) is 18.6. The van der Waals surface area contributed by atoms with Gasteiger partial charge in [-0.15, -0.1) is 0 Å². The van der Waals surface area contributed by atoms with Crippen molar-refractivity contribution in [3.05, 3.63) is 57.3 Å². The van der Waals surface area contributed by atoms with Crippen LogP contribution in [0.5, 0.6) is 0 Å². The van der Waals surface area contributed by atoms with Gasteiger partial charge >= 0.3 is 0 Å². The molecule has 0 spiro atoms. The number of pyridine rings is 1. The largest absolute Gasteiger partial charge is 0.336 e. The van der Waals surface area contributed by atoms with Crippen LogP contribution in [-0.4, -0.2) is 56.7 Å². The van der Waals surface area contributed by atoms with Gasteiger partial charge in [0.05, 0.1) is 16.6 Å². The van der Waals surface area contributed by atoms with Crippen LogP contribution < -0.4 is 0 Å². The van der Waals surface area contributed by atoms with Crippen molar-refractivity contribution in [2.75, 3.05) is 26.2 Å². The number of amides is 1. The van der Waals surface area contributed by atoms with Crippen molar-refractivity contribution in [1.29, 1.82) is 0 Å². The lowest BCUT2D eigenvalue weighted by atomic mass is 10.1. The van der Waals surface area contributed by atoms with Crippen LogP contribution in [0.3, 0.4) is 0 Å². The second-order valence-corrected chi connectivity index (χ2v) is 9.29. The van der Waals surface area contributed by atoms with Gasteiger partial charge in [-0.2, -0.15) is 5.10 Å². The third kappa shape index (κ3) is 4.83. The van der Waals surface area contributed by atoms with Crippen LogP contribution >= 0.6 is 15.9 Å². The number of aryl methyl sites for hydroxylation is 3. The average Bonchev–Trinajstić information content (AvgIpc) is 3.07. The number of carbonyl (C=O) groups is 1. The predicted octanol–water partition coefficient (Wildman–Crippen LogP) is 4.57. The zero-order valence-corrected chi connectivity index (χ0v) is 20.2. The maximum atomic E-state index is 13.5. The van der Waals surface area contributed by atoms with Gasteiger partial charge in [-0.3, -0.25) is 9.69 Å². The van der Waals surface area contributed by atoms with E-state index in [9.17, 15) is 4.79 Å². The van der Waals surface area contributed by atoms with E-state index in [1.54, 1.807) is 0 Å². The van der Waals surface area contributed by atoms with Crippen LogP contribution in [0.2, 0.25) is 0 Å². The first kappa shape index (κ1) is 22.0. The Morgan fingerprint density at radius 2 is 1.90 bits per heavy atom. The van der Waals surface area contributed by atoms with Crippen LogP contribution in [0.15, 0.2) is 34.8 Å². The molecule has 1 aliphatic rings. The van der Waals surface area contributed by atoms with E-state index in [0.717, 1.165) is 84.6 Å². The fraction of sp³-hybridized carbons (Fsp3) is 0.458. The highest BCUT2D eigenvalue weighted by Crippen LogP contribution is 2.25. The lowest BCUT2D eigenvalue weighted by Crippen LogP contribution is -2.48. The molecule has 3 heterocycles. The second-order valence-electron chi connectivity index (χ2n) is 8.37. The molecule has 31 heavy (non-hydrogen) atoms. The van der Waals surface area contributed by atoms with Gasteiger partial charge in [0.2, 0.25) is 0 Å². The molecule has 0 bridgehead atoms. The number of hydrogen-bond acceptors (Lipinski definition) is 4. The Labute approximate surface area is 192 Å². The highest BCUT2D eigenvalue weighted by atomic mass is 79.9. The van der Waals surface area contributed by atoms with Gasteiger partial charge in [0.1, 0.15) is 0 Å². The molecule has 1 saturated heterocycles. The number of rotatable bonds is 6. The highest BCUT2D eigenvalue weighted by Gasteiger charge is 2.26. The van der Waals surface area contributed by atoms with E-state index in [1.807, 2.05) is 35.6 Å². The van der Waals surface area contributed by atoms with E-state index in [2.05, 4.69) is 46.0 Å². The van der Waals surface area contributed by atoms with E-state index in [4.69, 9.17) is 10.1 Å². The normalized spacial score (nSPS) is 15.0. The van der Waals surface area contributed by atoms with Crippen molar-refractivity contribution in [3.63, 3.8) is 0 Å². The Kier molecular flexibility index (Phi) is 6.72. The summed E-state index contributed by atoms with van der Waals surface area (Å²) in [5, 5.41) is 5.60. The Morgan fingerprint density at radius 3 is 2.61 bits per heavy atom. The molecular formula is C24H30BrN5O. The maximum absolute atomic E-state index is 13.5. The SMILES string of the molecule is CCCCn1nc(C)c2c(C(=O)N3CCN(Cc4cccc(Br)c4)CC3)cc(C)nc21. The fourth-order valence-electron chi connectivity index (χ4n) is 4.28. The Morgan fingerprint density at radius 1 is 1.13 bits per heavy atom. The minimum Gasteiger partial charge on any atom is -0.336 e. The molecule has 2 aromatic heterocycles. The Bertz CT molecular complexity index is 1090. The van der Waals surface area contributed by atoms with E-state index in [-0.39, 0.29) is 5.91 Å². The van der Waals surface area contributed by atoms with Crippen LogP contribution in [0.25, 0.3) is 11.0 Å². The number of hydrogen-bond donors (Lipinski definition) is 0. The molecule has 0 radical (unpaired) electrons. The molecule has 0 saturated carbocycles. The third-order valence-electron chi connectivity index (χ3n) is 5.91. The van der Waals surface area contributed by atoms with Crippen molar-refractivity contribution in [2.45, 2.75) is 46.7 Å². The molecule has 164 valence electrons. The molecule has 0 N–H and O–H groups in total. The number of nitrogens with zero attached hydrogens (tertiary/aromatic N) is 5. The number of fused-ring (bicyclic) bond motifs is 1. The molecule has 1 amide bonds. The summed E-state index contributed by atoms with van der Waals surface area (Å²) in [6.45, 7) is 11.1. The van der Waals surface area contributed by atoms with Crippen LogP contribution in [-0.2, 0) is 13.1 Å². The van der Waals surface area contributed by atoms with E-state index in [0.29, 0.717) is 0 Å². The topological polar surface area (TPSA) is 54.3 Å². The average molecular weight is 484 g/mol. The smallest absolute Gasteiger partial charge is 0.254 e. The molecule has 1 fully saturated rings. The molecule has 0 atom stereocenters. The molecule has 0 unspecified atom stereocenters. The number of carbonyl (C=O) groups excluding carboxylic acids is 1. The molecule has 1 aliphatic heterocycles. The van der Waals surface area contributed by atoms with Gasteiger partial charge in [-0.25, -0.2) is 9.67 Å². The predicted molar refractivity (Wildman–Crippen MR) is 127 cm³/mol. The van der Waals surface area contributed by atoms with Crippen LogP contribution in [0.4, 0.5) is 0 Å². The van der Waals surface area contributed by atoms with Crippen molar-refractivity contribution >= 4 is 32.9 Å². The van der Waals surface area contributed by atoms with E-state index in [1.165, 1.54) is 5.56 Å². The lowest BCUT2D eigenvalue weighted by molar-refractivity contribution is 0.0630. The van der Waals surface area contributed by atoms with E-state index < -0.39 is 0 Å². The summed E-state index contributed by atoms with van der Waals surface area (Å²) < 4.78 is 3.07. The molecule has 7 heteroatoms. The highest BCUT2D eigenvalue weighted by molar-refractivity contribution is 9.10. The number of piperazine rings is 1. The third-order valence-corrected chi connectivity index (χ3v) is 6.41. The van der Waals surface area contributed by atoms with Crippen molar-refractivity contribution in [1.82, 2.24) is 24.6 Å².